The number of anilines is 1. The molecule has 0 aliphatic heterocycles. The third-order valence-corrected chi connectivity index (χ3v) is 4.88. The van der Waals surface area contributed by atoms with Gasteiger partial charge in [-0.05, 0) is 49.6 Å². The van der Waals surface area contributed by atoms with Crippen LogP contribution in [-0.2, 0) is 0 Å². The number of hydrogen-bond acceptors (Lipinski definition) is 5. The summed E-state index contributed by atoms with van der Waals surface area (Å²) < 4.78 is 0. The van der Waals surface area contributed by atoms with Gasteiger partial charge < -0.3 is 16.4 Å². The molecular weight excluding hydrogens is 338 g/mol. The standard InChI is InChI=1S/C21H29N5O/c1-7-12(2)25-15(5)16-10-18(26-19(11-16)21(27)23-6)13(3)17-8-9-24-20(22)14(17)4/h8-13,25H,5,7H2,1-4,6H3,(H2,22,24)(H,23,27)/t12-,13-/m1/s1. The molecule has 6 nitrogen and oxygen atoms in total. The predicted molar refractivity (Wildman–Crippen MR) is 110 cm³/mol. The van der Waals surface area contributed by atoms with Gasteiger partial charge in [0.05, 0.1) is 0 Å². The van der Waals surface area contributed by atoms with Crippen LogP contribution >= 0.6 is 0 Å². The van der Waals surface area contributed by atoms with E-state index >= 15 is 0 Å². The smallest absolute Gasteiger partial charge is 0.269 e. The maximum Gasteiger partial charge on any atom is 0.269 e. The molecule has 2 aromatic heterocycles. The first-order valence-electron chi connectivity index (χ1n) is 9.19. The van der Waals surface area contributed by atoms with Crippen molar-refractivity contribution in [3.63, 3.8) is 0 Å². The molecule has 2 atom stereocenters. The minimum Gasteiger partial charge on any atom is -0.383 e. The molecule has 0 aliphatic carbocycles. The van der Waals surface area contributed by atoms with Crippen LogP contribution in [0.1, 0.15) is 66.0 Å². The van der Waals surface area contributed by atoms with Gasteiger partial charge in [0.25, 0.3) is 5.91 Å². The van der Waals surface area contributed by atoms with Crippen molar-refractivity contribution in [2.75, 3.05) is 12.8 Å². The number of aromatic nitrogens is 2. The Bertz CT molecular complexity index is 846. The van der Waals surface area contributed by atoms with Crippen LogP contribution in [0.4, 0.5) is 5.82 Å². The molecule has 6 heteroatoms. The topological polar surface area (TPSA) is 92.9 Å². The van der Waals surface area contributed by atoms with Gasteiger partial charge in [0, 0.05) is 42.2 Å². The molecular formula is C21H29N5O. The third-order valence-electron chi connectivity index (χ3n) is 4.88. The molecule has 0 fully saturated rings. The summed E-state index contributed by atoms with van der Waals surface area (Å²) in [6, 6.07) is 5.97. The largest absolute Gasteiger partial charge is 0.383 e. The first-order chi connectivity index (χ1) is 12.8. The van der Waals surface area contributed by atoms with Gasteiger partial charge in [-0.25, -0.2) is 9.97 Å². The van der Waals surface area contributed by atoms with Gasteiger partial charge in [-0.15, -0.1) is 0 Å². The van der Waals surface area contributed by atoms with Crippen LogP contribution in [0.3, 0.4) is 0 Å². The van der Waals surface area contributed by atoms with Crippen LogP contribution < -0.4 is 16.4 Å². The fraction of sp³-hybridized carbons (Fsp3) is 0.381. The molecule has 0 unspecified atom stereocenters. The SMILES string of the molecule is C=C(N[C@H](C)CC)c1cc(C(=O)NC)nc([C@H](C)c2ccnc(N)c2C)c1. The second-order valence-electron chi connectivity index (χ2n) is 6.81. The second kappa shape index (κ2) is 8.66. The van der Waals surface area contributed by atoms with E-state index < -0.39 is 0 Å². The molecule has 0 spiro atoms. The van der Waals surface area contributed by atoms with Crippen LogP contribution in [0.15, 0.2) is 31.0 Å². The summed E-state index contributed by atoms with van der Waals surface area (Å²) in [7, 11) is 1.60. The highest BCUT2D eigenvalue weighted by molar-refractivity contribution is 5.93. The van der Waals surface area contributed by atoms with Crippen LogP contribution in [0, 0.1) is 6.92 Å². The van der Waals surface area contributed by atoms with E-state index in [0.717, 1.165) is 34.5 Å². The molecule has 27 heavy (non-hydrogen) atoms. The molecule has 2 rings (SSSR count). The molecule has 144 valence electrons. The molecule has 0 aliphatic rings. The van der Waals surface area contributed by atoms with Gasteiger partial charge in [0.1, 0.15) is 11.5 Å². The lowest BCUT2D eigenvalue weighted by atomic mass is 9.92. The summed E-state index contributed by atoms with van der Waals surface area (Å²) in [6.45, 7) is 12.3. The quantitative estimate of drug-likeness (QED) is 0.698. The van der Waals surface area contributed by atoms with Gasteiger partial charge in [0.15, 0.2) is 0 Å². The minimum absolute atomic E-state index is 0.0462. The van der Waals surface area contributed by atoms with E-state index in [0.29, 0.717) is 11.5 Å². The van der Waals surface area contributed by atoms with Crippen LogP contribution in [0.25, 0.3) is 5.70 Å². The summed E-state index contributed by atoms with van der Waals surface area (Å²) in [6.07, 6.45) is 2.67. The molecule has 2 heterocycles. The van der Waals surface area contributed by atoms with Gasteiger partial charge in [0.2, 0.25) is 0 Å². The highest BCUT2D eigenvalue weighted by atomic mass is 16.1. The van der Waals surface area contributed by atoms with Gasteiger partial charge in [-0.1, -0.05) is 20.4 Å². The second-order valence-corrected chi connectivity index (χ2v) is 6.81. The van der Waals surface area contributed by atoms with Crippen molar-refractivity contribution >= 4 is 17.4 Å². The average molecular weight is 367 g/mol. The summed E-state index contributed by atoms with van der Waals surface area (Å²) in [5.41, 5.74) is 10.7. The van der Waals surface area contributed by atoms with E-state index in [2.05, 4.69) is 41.0 Å². The van der Waals surface area contributed by atoms with Crippen LogP contribution in [0.2, 0.25) is 0 Å². The summed E-state index contributed by atoms with van der Waals surface area (Å²) in [4.78, 5) is 21.0. The lowest BCUT2D eigenvalue weighted by molar-refractivity contribution is 0.0958. The molecule has 0 saturated heterocycles. The number of amides is 1. The fourth-order valence-electron chi connectivity index (χ4n) is 2.87. The fourth-order valence-corrected chi connectivity index (χ4v) is 2.87. The zero-order valence-corrected chi connectivity index (χ0v) is 16.8. The first kappa shape index (κ1) is 20.4. The van der Waals surface area contributed by atoms with Crippen molar-refractivity contribution in [1.82, 2.24) is 20.6 Å². The Morgan fingerprint density at radius 2 is 2.04 bits per heavy atom. The molecule has 4 N–H and O–H groups in total. The molecule has 0 saturated carbocycles. The van der Waals surface area contributed by atoms with Gasteiger partial charge in [-0.3, -0.25) is 4.79 Å². The number of rotatable bonds is 7. The number of pyridine rings is 2. The summed E-state index contributed by atoms with van der Waals surface area (Å²) in [5.74, 6) is 0.229. The van der Waals surface area contributed by atoms with Crippen molar-refractivity contribution < 1.29 is 4.79 Å². The normalized spacial score (nSPS) is 12.9. The van der Waals surface area contributed by atoms with Crippen LogP contribution in [0.5, 0.6) is 0 Å². The number of nitrogens with zero attached hydrogens (tertiary/aromatic N) is 2. The average Bonchev–Trinajstić information content (AvgIpc) is 2.68. The Balaban J connectivity index is 2.51. The van der Waals surface area contributed by atoms with Crippen molar-refractivity contribution in [2.24, 2.45) is 0 Å². The van der Waals surface area contributed by atoms with Crippen molar-refractivity contribution in [3.05, 3.63) is 59.1 Å². The summed E-state index contributed by atoms with van der Waals surface area (Å²) in [5, 5.41) is 6.02. The maximum atomic E-state index is 12.2. The number of nitrogens with one attached hydrogen (secondary N) is 2. The minimum atomic E-state index is -0.229. The Kier molecular flexibility index (Phi) is 6.55. The van der Waals surface area contributed by atoms with E-state index in [4.69, 9.17) is 5.73 Å². The summed E-state index contributed by atoms with van der Waals surface area (Å²) >= 11 is 0. The monoisotopic (exact) mass is 367 g/mol. The van der Waals surface area contributed by atoms with E-state index in [1.807, 2.05) is 26.0 Å². The van der Waals surface area contributed by atoms with E-state index in [9.17, 15) is 4.79 Å². The molecule has 0 radical (unpaired) electrons. The van der Waals surface area contributed by atoms with Crippen molar-refractivity contribution in [3.8, 4) is 0 Å². The van der Waals surface area contributed by atoms with E-state index in [1.54, 1.807) is 19.3 Å². The first-order valence-corrected chi connectivity index (χ1v) is 9.19. The Hall–Kier alpha value is -2.89. The predicted octanol–water partition coefficient (Wildman–Crippen LogP) is 3.24. The maximum absolute atomic E-state index is 12.2. The lowest BCUT2D eigenvalue weighted by Gasteiger charge is -2.20. The van der Waals surface area contributed by atoms with E-state index in [-0.39, 0.29) is 17.9 Å². The van der Waals surface area contributed by atoms with Crippen molar-refractivity contribution in [1.29, 1.82) is 0 Å². The highest BCUT2D eigenvalue weighted by Crippen LogP contribution is 2.29. The van der Waals surface area contributed by atoms with Gasteiger partial charge >= 0.3 is 0 Å². The number of hydrogen-bond donors (Lipinski definition) is 3. The Morgan fingerprint density at radius 1 is 1.33 bits per heavy atom. The zero-order chi connectivity index (χ0) is 20.1. The lowest BCUT2D eigenvalue weighted by Crippen LogP contribution is -2.24. The van der Waals surface area contributed by atoms with Crippen LogP contribution in [-0.4, -0.2) is 29.0 Å². The molecule has 1 amide bonds. The number of carbonyl (C=O) groups excluding carboxylic acids is 1. The number of nitrogens with two attached hydrogens (primary N) is 1. The number of carbonyl (C=O) groups is 1. The Morgan fingerprint density at radius 3 is 2.67 bits per heavy atom. The van der Waals surface area contributed by atoms with Crippen molar-refractivity contribution in [2.45, 2.75) is 46.1 Å². The Labute approximate surface area is 161 Å². The number of nitrogen functional groups attached to an aromatic ring is 1. The van der Waals surface area contributed by atoms with E-state index in [1.165, 1.54) is 0 Å². The molecule has 0 aromatic carbocycles. The van der Waals surface area contributed by atoms with Gasteiger partial charge in [-0.2, -0.15) is 0 Å². The molecule has 2 aromatic rings. The molecule has 0 bridgehead atoms. The zero-order valence-electron chi connectivity index (χ0n) is 16.8. The highest BCUT2D eigenvalue weighted by Gasteiger charge is 2.18. The third kappa shape index (κ3) is 4.64.